The van der Waals surface area contributed by atoms with Crippen molar-refractivity contribution in [2.45, 2.75) is 44.0 Å². The van der Waals surface area contributed by atoms with E-state index in [1.165, 1.54) is 12.1 Å². The molecule has 0 saturated carbocycles. The third-order valence-corrected chi connectivity index (χ3v) is 4.95. The molecule has 0 aliphatic carbocycles. The maximum atomic E-state index is 11.9. The molecule has 0 aliphatic heterocycles. The molecule has 22 heavy (non-hydrogen) atoms. The van der Waals surface area contributed by atoms with E-state index in [0.717, 1.165) is 0 Å². The zero-order valence-electron chi connectivity index (χ0n) is 12.7. The molecule has 1 rings (SSSR count). The fourth-order valence-electron chi connectivity index (χ4n) is 1.99. The van der Waals surface area contributed by atoms with Crippen molar-refractivity contribution < 1.29 is 23.1 Å². The molecule has 6 nitrogen and oxygen atoms in total. The van der Waals surface area contributed by atoms with Crippen LogP contribution < -0.4 is 5.32 Å². The maximum Gasteiger partial charge on any atom is 0.326 e. The Kier molecular flexibility index (Phi) is 6.55. The van der Waals surface area contributed by atoms with E-state index < -0.39 is 27.8 Å². The summed E-state index contributed by atoms with van der Waals surface area (Å²) in [6.45, 7) is 3.39. The van der Waals surface area contributed by atoms with Crippen molar-refractivity contribution in [1.82, 2.24) is 5.32 Å². The molecule has 0 aliphatic rings. The Morgan fingerprint density at radius 3 is 2.50 bits per heavy atom. The Morgan fingerprint density at radius 1 is 1.27 bits per heavy atom. The van der Waals surface area contributed by atoms with E-state index in [1.54, 1.807) is 19.1 Å². The Labute approximate surface area is 130 Å². The normalized spacial score (nSPS) is 12.6. The molecule has 0 saturated heterocycles. The van der Waals surface area contributed by atoms with E-state index in [9.17, 15) is 18.0 Å². The van der Waals surface area contributed by atoms with Crippen LogP contribution in [-0.2, 0) is 25.8 Å². The predicted octanol–water partition coefficient (Wildman–Crippen LogP) is 1.39. The molecular formula is C15H21NO5S. The van der Waals surface area contributed by atoms with Gasteiger partial charge >= 0.3 is 5.97 Å². The van der Waals surface area contributed by atoms with Crippen molar-refractivity contribution >= 4 is 21.7 Å². The minimum Gasteiger partial charge on any atom is -0.480 e. The highest BCUT2D eigenvalue weighted by molar-refractivity contribution is 7.91. The number of aliphatic carboxylic acids is 1. The second-order valence-electron chi connectivity index (χ2n) is 4.97. The lowest BCUT2D eigenvalue weighted by Gasteiger charge is -2.13. The minimum atomic E-state index is -3.33. The first-order valence-corrected chi connectivity index (χ1v) is 8.79. The van der Waals surface area contributed by atoms with Gasteiger partial charge < -0.3 is 10.4 Å². The van der Waals surface area contributed by atoms with Gasteiger partial charge in [-0.05, 0) is 24.1 Å². The summed E-state index contributed by atoms with van der Waals surface area (Å²) in [5.41, 5.74) is 0.535. The highest BCUT2D eigenvalue weighted by atomic mass is 32.2. The number of amides is 1. The maximum absolute atomic E-state index is 11.9. The third kappa shape index (κ3) is 5.14. The van der Waals surface area contributed by atoms with Gasteiger partial charge in [0.05, 0.1) is 17.1 Å². The average Bonchev–Trinajstić information content (AvgIpc) is 2.47. The summed E-state index contributed by atoms with van der Waals surface area (Å²) < 4.78 is 23.6. The van der Waals surface area contributed by atoms with Crippen LogP contribution >= 0.6 is 0 Å². The summed E-state index contributed by atoms with van der Waals surface area (Å²) in [6.07, 6.45) is 0.938. The average molecular weight is 327 g/mol. The van der Waals surface area contributed by atoms with Gasteiger partial charge in [-0.1, -0.05) is 32.4 Å². The van der Waals surface area contributed by atoms with Crippen molar-refractivity contribution in [2.75, 3.05) is 5.75 Å². The first-order chi connectivity index (χ1) is 10.3. The van der Waals surface area contributed by atoms with Crippen LogP contribution in [0.5, 0.6) is 0 Å². The predicted molar refractivity (Wildman–Crippen MR) is 82.3 cm³/mol. The molecule has 0 aromatic heterocycles. The number of nitrogens with one attached hydrogen (secondary N) is 1. The van der Waals surface area contributed by atoms with Crippen LogP contribution in [0.4, 0.5) is 0 Å². The van der Waals surface area contributed by atoms with Gasteiger partial charge in [0.2, 0.25) is 5.91 Å². The van der Waals surface area contributed by atoms with E-state index in [2.05, 4.69) is 5.32 Å². The summed E-state index contributed by atoms with van der Waals surface area (Å²) in [4.78, 5) is 23.1. The van der Waals surface area contributed by atoms with Crippen LogP contribution in [0.25, 0.3) is 0 Å². The highest BCUT2D eigenvalue weighted by Crippen LogP contribution is 2.13. The van der Waals surface area contributed by atoms with Crippen LogP contribution in [-0.4, -0.2) is 37.2 Å². The first-order valence-electron chi connectivity index (χ1n) is 7.14. The Morgan fingerprint density at radius 2 is 1.95 bits per heavy atom. The van der Waals surface area contributed by atoms with Crippen molar-refractivity contribution in [3.05, 3.63) is 29.8 Å². The van der Waals surface area contributed by atoms with Gasteiger partial charge in [-0.25, -0.2) is 13.2 Å². The quantitative estimate of drug-likeness (QED) is 0.751. The summed E-state index contributed by atoms with van der Waals surface area (Å²) >= 11 is 0. The van der Waals surface area contributed by atoms with Crippen molar-refractivity contribution in [3.63, 3.8) is 0 Å². The summed E-state index contributed by atoms with van der Waals surface area (Å²) in [5.74, 6) is -1.52. The van der Waals surface area contributed by atoms with Crippen LogP contribution in [0.2, 0.25) is 0 Å². The molecule has 1 atom stereocenters. The highest BCUT2D eigenvalue weighted by Gasteiger charge is 2.19. The van der Waals surface area contributed by atoms with Crippen LogP contribution in [0.15, 0.2) is 29.2 Å². The topological polar surface area (TPSA) is 101 Å². The largest absolute Gasteiger partial charge is 0.480 e. The number of carboxylic acids is 1. The standard InChI is InChI=1S/C15H21NO5S/c1-3-6-13(15(18)19)16-14(17)10-11-7-5-8-12(9-11)22(20,21)4-2/h5,7-9,13H,3-4,6,10H2,1-2H3,(H,16,17)(H,18,19). The van der Waals surface area contributed by atoms with Gasteiger partial charge in [0.15, 0.2) is 9.84 Å². The fourth-order valence-corrected chi connectivity index (χ4v) is 2.94. The molecule has 1 aromatic carbocycles. The van der Waals surface area contributed by atoms with Gasteiger partial charge in [0.25, 0.3) is 0 Å². The van der Waals surface area contributed by atoms with Crippen molar-refractivity contribution in [1.29, 1.82) is 0 Å². The Balaban J connectivity index is 2.81. The molecule has 0 heterocycles. The van der Waals surface area contributed by atoms with Crippen LogP contribution in [0.3, 0.4) is 0 Å². The molecule has 0 fully saturated rings. The van der Waals surface area contributed by atoms with E-state index >= 15 is 0 Å². The van der Waals surface area contributed by atoms with E-state index in [4.69, 9.17) is 5.11 Å². The second-order valence-corrected chi connectivity index (χ2v) is 7.25. The number of carboxylic acid groups (broad SMARTS) is 1. The number of carbonyl (C=O) groups is 2. The SMILES string of the molecule is CCCC(NC(=O)Cc1cccc(S(=O)(=O)CC)c1)C(=O)O. The number of sulfone groups is 1. The van der Waals surface area contributed by atoms with Crippen molar-refractivity contribution in [3.8, 4) is 0 Å². The lowest BCUT2D eigenvalue weighted by molar-refractivity contribution is -0.141. The molecule has 1 unspecified atom stereocenters. The molecule has 2 N–H and O–H groups in total. The van der Waals surface area contributed by atoms with E-state index in [1.807, 2.05) is 6.92 Å². The zero-order chi connectivity index (χ0) is 16.8. The second kappa shape index (κ2) is 7.93. The molecule has 0 radical (unpaired) electrons. The number of benzene rings is 1. The molecule has 0 spiro atoms. The lowest BCUT2D eigenvalue weighted by atomic mass is 10.1. The van der Waals surface area contributed by atoms with Crippen molar-refractivity contribution in [2.24, 2.45) is 0 Å². The molecule has 122 valence electrons. The Bertz CT molecular complexity index is 639. The molecule has 0 bridgehead atoms. The number of carbonyl (C=O) groups excluding carboxylic acids is 1. The van der Waals surface area contributed by atoms with Gasteiger partial charge in [0, 0.05) is 0 Å². The first kappa shape index (κ1) is 18.2. The van der Waals surface area contributed by atoms with E-state index in [-0.39, 0.29) is 17.1 Å². The summed E-state index contributed by atoms with van der Waals surface area (Å²) in [5, 5.41) is 11.5. The minimum absolute atomic E-state index is 0.0137. The summed E-state index contributed by atoms with van der Waals surface area (Å²) in [7, 11) is -3.33. The summed E-state index contributed by atoms with van der Waals surface area (Å²) in [6, 6.07) is 5.24. The number of hydrogen-bond donors (Lipinski definition) is 2. The Hall–Kier alpha value is -1.89. The fraction of sp³-hybridized carbons (Fsp3) is 0.467. The van der Waals surface area contributed by atoms with Gasteiger partial charge in [-0.3, -0.25) is 4.79 Å². The van der Waals surface area contributed by atoms with Gasteiger partial charge in [-0.15, -0.1) is 0 Å². The molecule has 7 heteroatoms. The molecule has 1 aromatic rings. The van der Waals surface area contributed by atoms with Crippen LogP contribution in [0, 0.1) is 0 Å². The monoisotopic (exact) mass is 327 g/mol. The van der Waals surface area contributed by atoms with Gasteiger partial charge in [-0.2, -0.15) is 0 Å². The smallest absolute Gasteiger partial charge is 0.326 e. The molecular weight excluding hydrogens is 306 g/mol. The van der Waals surface area contributed by atoms with Crippen LogP contribution in [0.1, 0.15) is 32.3 Å². The third-order valence-electron chi connectivity index (χ3n) is 3.21. The number of rotatable bonds is 8. The zero-order valence-corrected chi connectivity index (χ0v) is 13.5. The van der Waals surface area contributed by atoms with Gasteiger partial charge in [0.1, 0.15) is 6.04 Å². The van der Waals surface area contributed by atoms with E-state index in [0.29, 0.717) is 18.4 Å². The lowest BCUT2D eigenvalue weighted by Crippen LogP contribution is -2.41. The molecule has 1 amide bonds. The number of hydrogen-bond acceptors (Lipinski definition) is 4.